The quantitative estimate of drug-likeness (QED) is 0.479. The Labute approximate surface area is 197 Å². The number of benzene rings is 2. The smallest absolute Gasteiger partial charge is 0.329 e. The lowest BCUT2D eigenvalue weighted by molar-refractivity contribution is -0.151. The Hall–Kier alpha value is -3.82. The van der Waals surface area contributed by atoms with E-state index in [9.17, 15) is 18.8 Å². The number of rotatable bonds is 11. The fraction of sp³-hybridized carbons (Fsp3) is 0.375. The zero-order valence-electron chi connectivity index (χ0n) is 19.8. The second-order valence-corrected chi connectivity index (χ2v) is 7.58. The number of carbonyl (C=O) groups excluding carboxylic acids is 3. The Morgan fingerprint density at radius 3 is 2.15 bits per heavy atom. The minimum Gasteiger partial charge on any atom is -0.496 e. The molecule has 2 aromatic carbocycles. The molecule has 0 aromatic heterocycles. The number of nitrogens with one attached hydrogen (secondary N) is 2. The summed E-state index contributed by atoms with van der Waals surface area (Å²) in [4.78, 5) is 37.1. The van der Waals surface area contributed by atoms with Crippen molar-refractivity contribution in [1.82, 2.24) is 10.6 Å². The monoisotopic (exact) mass is 476 g/mol. The number of hydrogen-bond donors (Lipinski definition) is 2. The average molecular weight is 477 g/mol. The van der Waals surface area contributed by atoms with Crippen molar-refractivity contribution in [2.24, 2.45) is 5.92 Å². The lowest BCUT2D eigenvalue weighted by atomic mass is 10.0. The van der Waals surface area contributed by atoms with Crippen LogP contribution in [0.2, 0.25) is 0 Å². The normalized spacial score (nSPS) is 11.4. The minimum absolute atomic E-state index is 0.0809. The van der Waals surface area contributed by atoms with E-state index < -0.39 is 36.2 Å². The molecule has 0 saturated carbocycles. The van der Waals surface area contributed by atoms with Crippen molar-refractivity contribution in [3.05, 3.63) is 53.3 Å². The molecule has 0 fully saturated rings. The summed E-state index contributed by atoms with van der Waals surface area (Å²) in [6.07, 6.45) is 0. The van der Waals surface area contributed by atoms with Gasteiger partial charge in [-0.15, -0.1) is 0 Å². The first-order valence-corrected chi connectivity index (χ1v) is 10.5. The zero-order chi connectivity index (χ0) is 25.3. The van der Waals surface area contributed by atoms with Crippen LogP contribution in [-0.2, 0) is 20.9 Å². The van der Waals surface area contributed by atoms with Crippen LogP contribution in [0.3, 0.4) is 0 Å². The number of amides is 2. The Morgan fingerprint density at radius 1 is 0.941 bits per heavy atom. The number of methoxy groups -OCH3 is 3. The lowest BCUT2D eigenvalue weighted by Gasteiger charge is -2.21. The van der Waals surface area contributed by atoms with Crippen molar-refractivity contribution >= 4 is 17.8 Å². The van der Waals surface area contributed by atoms with Crippen LogP contribution in [0.4, 0.5) is 4.39 Å². The molecule has 2 aromatic rings. The van der Waals surface area contributed by atoms with Gasteiger partial charge in [-0.25, -0.2) is 9.18 Å². The van der Waals surface area contributed by atoms with Crippen molar-refractivity contribution < 1.29 is 37.7 Å². The first-order valence-electron chi connectivity index (χ1n) is 10.5. The van der Waals surface area contributed by atoms with E-state index in [-0.39, 0.29) is 18.0 Å². The molecule has 0 saturated heterocycles. The molecule has 34 heavy (non-hydrogen) atoms. The summed E-state index contributed by atoms with van der Waals surface area (Å²) >= 11 is 0. The summed E-state index contributed by atoms with van der Waals surface area (Å²) in [5.41, 5.74) is 0.430. The summed E-state index contributed by atoms with van der Waals surface area (Å²) in [5.74, 6) is -1.77. The number of esters is 1. The van der Waals surface area contributed by atoms with E-state index in [1.807, 2.05) is 0 Å². The molecule has 10 heteroatoms. The minimum atomic E-state index is -1.06. The van der Waals surface area contributed by atoms with Gasteiger partial charge in [-0.05, 0) is 24.1 Å². The SMILES string of the molecule is COc1cc(OC)c(OC)cc1CNC(=O)COC(=O)[C@@H](NC(=O)c1ccccc1F)C(C)C. The van der Waals surface area contributed by atoms with Crippen LogP contribution < -0.4 is 24.8 Å². The van der Waals surface area contributed by atoms with Gasteiger partial charge in [0.05, 0.1) is 26.9 Å². The van der Waals surface area contributed by atoms with Gasteiger partial charge < -0.3 is 29.6 Å². The molecule has 0 radical (unpaired) electrons. The standard InChI is InChI=1S/C24H29FN2O7/c1-14(2)22(27-23(29)16-8-6-7-9-17(16)25)24(30)34-13-21(28)26-12-15-10-19(32-4)20(33-5)11-18(15)31-3/h6-11,14,22H,12-13H2,1-5H3,(H,26,28)(H,27,29)/t22-/m0/s1. The Bertz CT molecular complexity index is 1030. The first-order chi connectivity index (χ1) is 16.2. The summed E-state index contributed by atoms with van der Waals surface area (Å²) < 4.78 is 34.8. The predicted octanol–water partition coefficient (Wildman–Crippen LogP) is 2.47. The molecule has 0 aliphatic rings. The lowest BCUT2D eigenvalue weighted by Crippen LogP contribution is -2.46. The van der Waals surface area contributed by atoms with Crippen molar-refractivity contribution in [3.63, 3.8) is 0 Å². The molecule has 2 rings (SSSR count). The molecule has 0 heterocycles. The summed E-state index contributed by atoms with van der Waals surface area (Å²) in [6, 6.07) is 7.65. The maximum Gasteiger partial charge on any atom is 0.329 e. The van der Waals surface area contributed by atoms with Gasteiger partial charge in [0, 0.05) is 18.2 Å². The summed E-state index contributed by atoms with van der Waals surface area (Å²) in [6.45, 7) is 2.90. The van der Waals surface area contributed by atoms with Crippen molar-refractivity contribution in [2.75, 3.05) is 27.9 Å². The molecule has 2 N–H and O–H groups in total. The predicted molar refractivity (Wildman–Crippen MR) is 121 cm³/mol. The maximum absolute atomic E-state index is 13.9. The van der Waals surface area contributed by atoms with E-state index in [0.29, 0.717) is 22.8 Å². The highest BCUT2D eigenvalue weighted by molar-refractivity contribution is 5.97. The van der Waals surface area contributed by atoms with E-state index in [4.69, 9.17) is 18.9 Å². The summed E-state index contributed by atoms with van der Waals surface area (Å²) in [7, 11) is 4.47. The van der Waals surface area contributed by atoms with E-state index in [1.165, 1.54) is 39.5 Å². The van der Waals surface area contributed by atoms with Crippen molar-refractivity contribution in [3.8, 4) is 17.2 Å². The third-order valence-electron chi connectivity index (χ3n) is 4.93. The number of hydrogen-bond acceptors (Lipinski definition) is 7. The second-order valence-electron chi connectivity index (χ2n) is 7.58. The molecule has 2 amide bonds. The number of halogens is 1. The fourth-order valence-electron chi connectivity index (χ4n) is 3.06. The van der Waals surface area contributed by atoms with Gasteiger partial charge in [-0.2, -0.15) is 0 Å². The molecule has 0 unspecified atom stereocenters. The van der Waals surface area contributed by atoms with Crippen molar-refractivity contribution in [2.45, 2.75) is 26.4 Å². The van der Waals surface area contributed by atoms with Crippen LogP contribution in [0.5, 0.6) is 17.2 Å². The van der Waals surface area contributed by atoms with Crippen LogP contribution in [-0.4, -0.2) is 51.8 Å². The van der Waals surface area contributed by atoms with E-state index in [0.717, 1.165) is 6.07 Å². The van der Waals surface area contributed by atoms with Crippen LogP contribution in [0.1, 0.15) is 29.8 Å². The van der Waals surface area contributed by atoms with Gasteiger partial charge in [0.2, 0.25) is 0 Å². The van der Waals surface area contributed by atoms with Gasteiger partial charge in [-0.1, -0.05) is 26.0 Å². The van der Waals surface area contributed by atoms with Gasteiger partial charge in [0.25, 0.3) is 11.8 Å². The van der Waals surface area contributed by atoms with E-state index in [1.54, 1.807) is 26.0 Å². The van der Waals surface area contributed by atoms with Gasteiger partial charge in [0.1, 0.15) is 17.6 Å². The number of ether oxygens (including phenoxy) is 4. The van der Waals surface area contributed by atoms with Gasteiger partial charge in [0.15, 0.2) is 18.1 Å². The Morgan fingerprint density at radius 2 is 1.56 bits per heavy atom. The molecular weight excluding hydrogens is 447 g/mol. The molecule has 1 atom stereocenters. The fourth-order valence-corrected chi connectivity index (χ4v) is 3.06. The molecular formula is C24H29FN2O7. The highest BCUT2D eigenvalue weighted by Gasteiger charge is 2.27. The molecule has 9 nitrogen and oxygen atoms in total. The van der Waals surface area contributed by atoms with Crippen LogP contribution >= 0.6 is 0 Å². The topological polar surface area (TPSA) is 112 Å². The zero-order valence-corrected chi connectivity index (χ0v) is 19.8. The van der Waals surface area contributed by atoms with Crippen LogP contribution in [0.15, 0.2) is 36.4 Å². The maximum atomic E-state index is 13.9. The van der Waals surface area contributed by atoms with E-state index in [2.05, 4.69) is 10.6 Å². The molecule has 0 aliphatic carbocycles. The van der Waals surface area contributed by atoms with Crippen LogP contribution in [0, 0.1) is 11.7 Å². The van der Waals surface area contributed by atoms with Gasteiger partial charge in [-0.3, -0.25) is 9.59 Å². The second kappa shape index (κ2) is 12.4. The molecule has 0 spiro atoms. The average Bonchev–Trinajstić information content (AvgIpc) is 2.83. The highest BCUT2D eigenvalue weighted by atomic mass is 19.1. The Balaban J connectivity index is 1.96. The van der Waals surface area contributed by atoms with Crippen molar-refractivity contribution in [1.29, 1.82) is 0 Å². The Kier molecular flexibility index (Phi) is 9.66. The molecule has 0 bridgehead atoms. The first kappa shape index (κ1) is 26.4. The third kappa shape index (κ3) is 6.84. The largest absolute Gasteiger partial charge is 0.496 e. The van der Waals surface area contributed by atoms with Crippen LogP contribution in [0.25, 0.3) is 0 Å². The van der Waals surface area contributed by atoms with E-state index >= 15 is 0 Å². The number of carbonyl (C=O) groups is 3. The third-order valence-corrected chi connectivity index (χ3v) is 4.93. The van der Waals surface area contributed by atoms with Gasteiger partial charge >= 0.3 is 5.97 Å². The highest BCUT2D eigenvalue weighted by Crippen LogP contribution is 2.34. The summed E-state index contributed by atoms with van der Waals surface area (Å²) in [5, 5.41) is 5.10. The molecule has 0 aliphatic heterocycles. The molecule has 184 valence electrons.